The maximum absolute atomic E-state index is 13.3. The number of carbonyl (C=O) groups is 1. The first-order valence-corrected chi connectivity index (χ1v) is 39.7. The lowest BCUT2D eigenvalue weighted by Crippen LogP contribution is -2.26. The molecular formula is C90H93ClF8N16O18. The number of alkyl halides is 6. The lowest BCUT2D eigenvalue weighted by molar-refractivity contribution is -0.140. The Morgan fingerprint density at radius 3 is 1.35 bits per heavy atom. The van der Waals surface area contributed by atoms with E-state index in [4.69, 9.17) is 93.1 Å². The molecule has 133 heavy (non-hydrogen) atoms. The molecule has 0 unspecified atom stereocenters. The lowest BCUT2D eigenvalue weighted by atomic mass is 10.1. The highest BCUT2D eigenvalue weighted by atomic mass is 35.5. The zero-order valence-electron chi connectivity index (χ0n) is 75.0. The molecule has 9 heterocycles. The molecule has 0 aliphatic carbocycles. The molecule has 9 aromatic heterocycles. The number of nitrogens with two attached hydrogens (primary N) is 1. The second-order valence-electron chi connectivity index (χ2n) is 30.6. The van der Waals surface area contributed by atoms with Crippen LogP contribution in [-0.4, -0.2) is 146 Å². The number of amides is 1. The third-order valence-corrected chi connectivity index (χ3v) is 15.8. The number of halogens is 9. The first-order valence-electron chi connectivity index (χ1n) is 39.3. The zero-order chi connectivity index (χ0) is 97.4. The van der Waals surface area contributed by atoms with Crippen molar-refractivity contribution in [2.75, 3.05) is 42.7 Å². The highest BCUT2D eigenvalue weighted by Crippen LogP contribution is 2.39. The summed E-state index contributed by atoms with van der Waals surface area (Å²) in [6, 6.07) is 39.4. The number of aromatic nitrogens is 15. The molecule has 704 valence electrons. The monoisotopic (exact) mass is 1870 g/mol. The highest BCUT2D eigenvalue weighted by molar-refractivity contribution is 6.31. The molecule has 0 saturated carbocycles. The maximum atomic E-state index is 13.3. The van der Waals surface area contributed by atoms with Gasteiger partial charge < -0.3 is 81.5 Å². The standard InChI is InChI=1S/C18H8F8N2O3.C17H23N3O3.C17H23N3O2.C14H15N3O4.C13H13ClN2O3.C11H11N3O3/c19-12-3-1-8(5-10(12)17(21,22)23)30-14-7-15(28-16(29)27-14)31-9-2-4-13(20)11(6-9)18(24,25)26;1-16(2,3)22-13-10-14(23-17(4,5)6)20-15(19-13)21-12-8-7-9-18-11-12;1-16(2,3)21-14-12(13-9-7-8-10-18-13)11-19-15(20-14)22-17(4,5)6;1-19-12-10(11(15)18)13(20-2)17-14(16-12)21-8-9-6-4-3-5-7-9;1-17-11-7-12(18-2)16-13(15-11)19-8-9-5-3-4-6-10(9)14;1-15-9-7-10(16-2)14-11(13-9)17-8-3-5-12-6-4-8/h1-7H,(H,27,28,29);7-11H,1-6H3;7-11H,1-6H3;3-7H,8H2,1-2H3,(H2,15,18);3-7H,8H2,1-2H3;3-7H,1-2H3. The third-order valence-electron chi connectivity index (χ3n) is 15.4. The van der Waals surface area contributed by atoms with Crippen LogP contribution in [0.15, 0.2) is 200 Å². The van der Waals surface area contributed by atoms with Crippen molar-refractivity contribution in [2.24, 2.45) is 5.73 Å². The molecule has 34 nitrogen and oxygen atoms in total. The Bertz CT molecular complexity index is 5810. The maximum Gasteiger partial charge on any atom is 0.419 e. The van der Waals surface area contributed by atoms with Crippen LogP contribution in [0.25, 0.3) is 11.3 Å². The van der Waals surface area contributed by atoms with E-state index in [1.165, 1.54) is 42.7 Å². The second kappa shape index (κ2) is 47.3. The van der Waals surface area contributed by atoms with E-state index < -0.39 is 70.0 Å². The Morgan fingerprint density at radius 1 is 0.391 bits per heavy atom. The number of rotatable bonds is 26. The van der Waals surface area contributed by atoms with Crippen LogP contribution in [0, 0.1) is 11.6 Å². The Kier molecular flexibility index (Phi) is 36.6. The Hall–Kier alpha value is -15.4. The van der Waals surface area contributed by atoms with Gasteiger partial charge in [0.1, 0.15) is 70.3 Å². The molecule has 13 aromatic rings. The summed E-state index contributed by atoms with van der Waals surface area (Å²) >= 11 is 6.04. The van der Waals surface area contributed by atoms with Crippen molar-refractivity contribution in [3.8, 4) is 129 Å². The van der Waals surface area contributed by atoms with Crippen LogP contribution in [0.2, 0.25) is 5.02 Å². The molecule has 0 aliphatic heterocycles. The van der Waals surface area contributed by atoms with Gasteiger partial charge in [-0.1, -0.05) is 66.2 Å². The summed E-state index contributed by atoms with van der Waals surface area (Å²) in [5.74, 6) is -2.07. The summed E-state index contributed by atoms with van der Waals surface area (Å²) in [4.78, 5) is 82.1. The van der Waals surface area contributed by atoms with Gasteiger partial charge >= 0.3 is 48.1 Å². The minimum Gasteiger partial charge on any atom is -0.481 e. The van der Waals surface area contributed by atoms with E-state index in [-0.39, 0.29) is 77.0 Å². The van der Waals surface area contributed by atoms with E-state index in [0.717, 1.165) is 40.6 Å². The third kappa shape index (κ3) is 35.2. The molecule has 4 aromatic carbocycles. The molecule has 0 radical (unpaired) electrons. The van der Waals surface area contributed by atoms with Gasteiger partial charge in [0, 0.05) is 41.6 Å². The van der Waals surface area contributed by atoms with Gasteiger partial charge in [0.25, 0.3) is 5.91 Å². The summed E-state index contributed by atoms with van der Waals surface area (Å²) in [6.45, 7) is 24.0. The number of H-pyrrole nitrogens is 1. The molecular weight excluding hydrogens is 1780 g/mol. The number of hydrogen-bond acceptors (Lipinski definition) is 32. The molecule has 0 atom stereocenters. The van der Waals surface area contributed by atoms with E-state index in [2.05, 4.69) is 69.8 Å². The minimum absolute atomic E-state index is 0.0115. The van der Waals surface area contributed by atoms with Crippen molar-refractivity contribution >= 4 is 17.5 Å². The molecule has 1 amide bonds. The van der Waals surface area contributed by atoms with Crippen molar-refractivity contribution in [1.29, 1.82) is 0 Å². The van der Waals surface area contributed by atoms with Crippen molar-refractivity contribution in [3.63, 3.8) is 0 Å². The van der Waals surface area contributed by atoms with Gasteiger partial charge in [-0.3, -0.25) is 24.7 Å². The van der Waals surface area contributed by atoms with E-state index in [1.807, 2.05) is 155 Å². The molecule has 43 heteroatoms. The van der Waals surface area contributed by atoms with Crippen molar-refractivity contribution in [3.05, 3.63) is 250 Å². The predicted octanol–water partition coefficient (Wildman–Crippen LogP) is 19.2. The van der Waals surface area contributed by atoms with Gasteiger partial charge in [-0.25, -0.2) is 18.6 Å². The fourth-order valence-corrected chi connectivity index (χ4v) is 10.2. The number of nitrogens with one attached hydrogen (secondary N) is 1. The highest BCUT2D eigenvalue weighted by Gasteiger charge is 2.36. The fourth-order valence-electron chi connectivity index (χ4n) is 10.0. The van der Waals surface area contributed by atoms with Gasteiger partial charge in [0.05, 0.1) is 95.5 Å². The number of carbonyl (C=O) groups excluding carboxylic acids is 1. The molecule has 13 rings (SSSR count). The van der Waals surface area contributed by atoms with Crippen LogP contribution in [-0.2, 0) is 25.6 Å². The van der Waals surface area contributed by atoms with Crippen LogP contribution in [0.4, 0.5) is 35.1 Å². The Balaban J connectivity index is 0.000000198. The van der Waals surface area contributed by atoms with E-state index in [9.17, 15) is 44.7 Å². The van der Waals surface area contributed by atoms with Crippen LogP contribution in [0.5, 0.6) is 118 Å². The van der Waals surface area contributed by atoms with Crippen LogP contribution >= 0.6 is 11.6 Å². The zero-order valence-corrected chi connectivity index (χ0v) is 75.7. The quantitative estimate of drug-likeness (QED) is 0.0475. The molecule has 3 N–H and O–H groups in total. The smallest absolute Gasteiger partial charge is 0.419 e. The molecule has 0 saturated heterocycles. The Labute approximate surface area is 762 Å². The normalized spacial score (nSPS) is 11.1. The first-order chi connectivity index (χ1) is 62.8. The number of primary amides is 1. The summed E-state index contributed by atoms with van der Waals surface area (Å²) in [7, 11) is 8.79. The molecule has 0 aliphatic rings. The van der Waals surface area contributed by atoms with Gasteiger partial charge in [-0.05, 0) is 168 Å². The van der Waals surface area contributed by atoms with Crippen LogP contribution in [0.1, 0.15) is 116 Å². The number of hydrogen-bond donors (Lipinski definition) is 2. The number of ether oxygens (including phenoxy) is 16. The van der Waals surface area contributed by atoms with Gasteiger partial charge in [0.15, 0.2) is 5.56 Å². The number of nitrogens with zero attached hydrogens (tertiary/aromatic N) is 14. The molecule has 0 fully saturated rings. The number of benzene rings is 4. The van der Waals surface area contributed by atoms with E-state index >= 15 is 0 Å². The fraction of sp³-hybridized carbons (Fsp3) is 0.289. The second-order valence-corrected chi connectivity index (χ2v) is 31.0. The van der Waals surface area contributed by atoms with E-state index in [0.29, 0.717) is 88.0 Å². The summed E-state index contributed by atoms with van der Waals surface area (Å²) in [6.07, 6.45) is -0.112. The van der Waals surface area contributed by atoms with Crippen molar-refractivity contribution < 1.29 is 116 Å². The lowest BCUT2D eigenvalue weighted by Gasteiger charge is -2.24. The number of aromatic amines is 1. The van der Waals surface area contributed by atoms with Crippen molar-refractivity contribution in [1.82, 2.24) is 74.8 Å². The van der Waals surface area contributed by atoms with Gasteiger partial charge in [0.2, 0.25) is 64.7 Å². The van der Waals surface area contributed by atoms with Gasteiger partial charge in [-0.2, -0.15) is 76.2 Å². The molecule has 0 spiro atoms. The largest absolute Gasteiger partial charge is 0.481 e. The van der Waals surface area contributed by atoms with Crippen LogP contribution < -0.4 is 87.2 Å². The summed E-state index contributed by atoms with van der Waals surface area (Å²) in [5.41, 5.74) is 2.67. The average molecular weight is 1870 g/mol. The van der Waals surface area contributed by atoms with E-state index in [1.54, 1.807) is 85.7 Å². The summed E-state index contributed by atoms with van der Waals surface area (Å²) < 4.78 is 189. The number of methoxy groups -OCH3 is 6. The van der Waals surface area contributed by atoms with Crippen molar-refractivity contribution in [2.45, 2.75) is 131 Å². The SMILES string of the molecule is CC(C)(C)Oc1cc(OC(C)(C)C)nc(Oc2cccnc2)n1.CC(C)(C)Oc1ncc(-c2ccccn2)c(OC(C)(C)C)n1.COc1cc(OC)nc(OCc2ccccc2Cl)n1.COc1cc(OC)nc(Oc2ccncc2)n1.COc1nc(OCc2ccccc2)nc(OC)c1C(N)=O.O=c1nc(Oc2ccc(F)c(C(F)(F)F)c2)cc(Oc2ccc(F)c(C(F)(F)F)c2)[nH]1. The molecule has 0 bridgehead atoms. The topological polar surface area (TPSA) is 404 Å². The van der Waals surface area contributed by atoms with Crippen LogP contribution in [0.3, 0.4) is 0 Å². The number of pyridine rings is 3. The first kappa shape index (κ1) is 103. The predicted molar refractivity (Wildman–Crippen MR) is 466 cm³/mol. The van der Waals surface area contributed by atoms with Gasteiger partial charge in [-0.15, -0.1) is 0 Å². The Morgan fingerprint density at radius 2 is 0.865 bits per heavy atom. The minimum atomic E-state index is -5.02. The summed E-state index contributed by atoms with van der Waals surface area (Å²) in [5, 5.41) is 0.636. The average Bonchev–Trinajstić information content (AvgIpc) is 0.817.